The van der Waals surface area contributed by atoms with Crippen LogP contribution < -0.4 is 14.3 Å². The Kier molecular flexibility index (Phi) is 8.22. The van der Waals surface area contributed by atoms with E-state index in [0.717, 1.165) is 11.6 Å². The lowest BCUT2D eigenvalue weighted by Gasteiger charge is -2.11. The molecule has 12 heteroatoms. The molecule has 188 valence electrons. The van der Waals surface area contributed by atoms with Gasteiger partial charge in [-0.3, -0.25) is 10.1 Å². The predicted octanol–water partition coefficient (Wildman–Crippen LogP) is 3.59. The molecule has 0 heterocycles. The van der Waals surface area contributed by atoms with Gasteiger partial charge in [-0.15, -0.1) is 0 Å². The Hall–Kier alpha value is -4.45. The Morgan fingerprint density at radius 2 is 1.78 bits per heavy atom. The SMILES string of the molecule is COC(=O)c1ccc(COc2ccc(/C=N/NS(=O)(=O)c3ccc(C)c([N+](=O)[O-])c3)cc2OC)cc1. The van der Waals surface area contributed by atoms with E-state index in [1.165, 1.54) is 39.5 Å². The van der Waals surface area contributed by atoms with Crippen molar-refractivity contribution in [2.24, 2.45) is 5.10 Å². The standard InChI is InChI=1S/C24H23N3O8S/c1-16-4-10-20(13-21(16)27(29)30)36(31,32)26-25-14-18-7-11-22(23(12-18)33-2)35-15-17-5-8-19(9-6-17)24(28)34-3/h4-14,26H,15H2,1-3H3/b25-14+. The zero-order valence-corrected chi connectivity index (χ0v) is 20.4. The fourth-order valence-electron chi connectivity index (χ4n) is 3.08. The van der Waals surface area contributed by atoms with Crippen LogP contribution >= 0.6 is 0 Å². The summed E-state index contributed by atoms with van der Waals surface area (Å²) in [5, 5.41) is 14.8. The molecule has 0 aromatic heterocycles. The number of sulfonamides is 1. The smallest absolute Gasteiger partial charge is 0.337 e. The summed E-state index contributed by atoms with van der Waals surface area (Å²) >= 11 is 0. The molecule has 0 fully saturated rings. The number of methoxy groups -OCH3 is 2. The molecule has 0 unspecified atom stereocenters. The molecule has 0 aliphatic rings. The summed E-state index contributed by atoms with van der Waals surface area (Å²) in [4.78, 5) is 23.7. The molecule has 0 saturated heterocycles. The Morgan fingerprint density at radius 3 is 2.42 bits per heavy atom. The summed E-state index contributed by atoms with van der Waals surface area (Å²) in [7, 11) is -1.34. The van der Waals surface area contributed by atoms with Gasteiger partial charge in [-0.05, 0) is 54.4 Å². The summed E-state index contributed by atoms with van der Waals surface area (Å²) in [5.41, 5.74) is 1.80. The normalized spacial score (nSPS) is 11.2. The van der Waals surface area contributed by atoms with Crippen LogP contribution in [-0.2, 0) is 21.4 Å². The Balaban J connectivity index is 1.67. The Bertz CT molecular complexity index is 1400. The van der Waals surface area contributed by atoms with E-state index in [1.54, 1.807) is 42.5 Å². The third-order valence-electron chi connectivity index (χ3n) is 5.03. The van der Waals surface area contributed by atoms with Crippen molar-refractivity contribution in [1.29, 1.82) is 0 Å². The average molecular weight is 514 g/mol. The fourth-order valence-corrected chi connectivity index (χ4v) is 3.89. The molecule has 0 atom stereocenters. The number of nitro benzene ring substituents is 1. The third-order valence-corrected chi connectivity index (χ3v) is 6.25. The maximum absolute atomic E-state index is 12.5. The first kappa shape index (κ1) is 26.2. The van der Waals surface area contributed by atoms with E-state index >= 15 is 0 Å². The summed E-state index contributed by atoms with van der Waals surface area (Å²) in [5.74, 6) is 0.408. The van der Waals surface area contributed by atoms with Crippen LogP contribution in [0.2, 0.25) is 0 Å². The number of nitrogens with one attached hydrogen (secondary N) is 1. The van der Waals surface area contributed by atoms with Crippen LogP contribution in [0, 0.1) is 17.0 Å². The second-order valence-corrected chi connectivity index (χ2v) is 9.11. The summed E-state index contributed by atoms with van der Waals surface area (Å²) in [6.07, 6.45) is 1.26. The van der Waals surface area contributed by atoms with E-state index in [1.807, 2.05) is 4.83 Å². The molecule has 0 radical (unpaired) electrons. The molecule has 3 aromatic rings. The lowest BCUT2D eigenvalue weighted by molar-refractivity contribution is -0.385. The number of carbonyl (C=O) groups excluding carboxylic acids is 1. The van der Waals surface area contributed by atoms with Crippen molar-refractivity contribution < 1.29 is 32.3 Å². The number of hydrogen-bond acceptors (Lipinski definition) is 9. The predicted molar refractivity (Wildman–Crippen MR) is 131 cm³/mol. The number of nitrogens with zero attached hydrogens (tertiary/aromatic N) is 2. The first-order chi connectivity index (χ1) is 17.1. The first-order valence-corrected chi connectivity index (χ1v) is 11.9. The van der Waals surface area contributed by atoms with Gasteiger partial charge in [0.05, 0.1) is 35.8 Å². The van der Waals surface area contributed by atoms with Gasteiger partial charge < -0.3 is 14.2 Å². The highest BCUT2D eigenvalue weighted by molar-refractivity contribution is 7.89. The lowest BCUT2D eigenvalue weighted by Crippen LogP contribution is -2.18. The number of nitro groups is 1. The molecule has 3 rings (SSSR count). The second kappa shape index (κ2) is 11.3. The fraction of sp³-hybridized carbons (Fsp3) is 0.167. The number of aryl methyl sites for hydroxylation is 1. The first-order valence-electron chi connectivity index (χ1n) is 10.4. The zero-order chi connectivity index (χ0) is 26.3. The summed E-state index contributed by atoms with van der Waals surface area (Å²) in [6, 6.07) is 15.2. The van der Waals surface area contributed by atoms with Crippen LogP contribution in [0.5, 0.6) is 11.5 Å². The van der Waals surface area contributed by atoms with Gasteiger partial charge in [0.15, 0.2) is 11.5 Å². The van der Waals surface area contributed by atoms with Crippen LogP contribution in [0.15, 0.2) is 70.7 Å². The van der Waals surface area contributed by atoms with E-state index in [4.69, 9.17) is 9.47 Å². The number of benzene rings is 3. The number of hydrazone groups is 1. The average Bonchev–Trinajstić information content (AvgIpc) is 2.87. The number of hydrogen-bond donors (Lipinski definition) is 1. The maximum Gasteiger partial charge on any atom is 0.337 e. The molecule has 0 spiro atoms. The Morgan fingerprint density at radius 1 is 1.06 bits per heavy atom. The van der Waals surface area contributed by atoms with E-state index in [9.17, 15) is 23.3 Å². The highest BCUT2D eigenvalue weighted by Gasteiger charge is 2.19. The van der Waals surface area contributed by atoms with Crippen molar-refractivity contribution in [2.45, 2.75) is 18.4 Å². The lowest BCUT2D eigenvalue weighted by atomic mass is 10.1. The number of rotatable bonds is 10. The van der Waals surface area contributed by atoms with E-state index in [-0.39, 0.29) is 17.2 Å². The highest BCUT2D eigenvalue weighted by atomic mass is 32.2. The molecule has 11 nitrogen and oxygen atoms in total. The molecule has 0 saturated carbocycles. The van der Waals surface area contributed by atoms with E-state index < -0.39 is 20.9 Å². The van der Waals surface area contributed by atoms with E-state index in [0.29, 0.717) is 28.2 Å². The number of carbonyl (C=O) groups is 1. The van der Waals surface area contributed by atoms with Crippen LogP contribution in [0.3, 0.4) is 0 Å². The van der Waals surface area contributed by atoms with Crippen molar-refractivity contribution in [1.82, 2.24) is 4.83 Å². The summed E-state index contributed by atoms with van der Waals surface area (Å²) < 4.78 is 40.8. The van der Waals surface area contributed by atoms with Crippen LogP contribution in [-0.4, -0.2) is 39.7 Å². The van der Waals surface area contributed by atoms with Crippen LogP contribution in [0.4, 0.5) is 5.69 Å². The van der Waals surface area contributed by atoms with Gasteiger partial charge >= 0.3 is 5.97 Å². The quantitative estimate of drug-likeness (QED) is 0.187. The van der Waals surface area contributed by atoms with Gasteiger partial charge in [-0.1, -0.05) is 18.2 Å². The molecule has 3 aromatic carbocycles. The summed E-state index contributed by atoms with van der Waals surface area (Å²) in [6.45, 7) is 1.73. The minimum atomic E-state index is -4.11. The van der Waals surface area contributed by atoms with Crippen molar-refractivity contribution in [3.63, 3.8) is 0 Å². The van der Waals surface area contributed by atoms with E-state index in [2.05, 4.69) is 9.84 Å². The van der Waals surface area contributed by atoms with Gasteiger partial charge in [-0.2, -0.15) is 13.5 Å². The number of ether oxygens (including phenoxy) is 3. The number of esters is 1. The Labute approximate surface area is 207 Å². The zero-order valence-electron chi connectivity index (χ0n) is 19.6. The molecule has 0 bridgehead atoms. The van der Waals surface area contributed by atoms with Gasteiger partial charge in [-0.25, -0.2) is 9.63 Å². The molecular weight excluding hydrogens is 490 g/mol. The van der Waals surface area contributed by atoms with Gasteiger partial charge in [0.2, 0.25) is 0 Å². The van der Waals surface area contributed by atoms with Crippen LogP contribution in [0.1, 0.15) is 27.0 Å². The monoisotopic (exact) mass is 513 g/mol. The molecule has 0 amide bonds. The molecule has 0 aliphatic carbocycles. The maximum atomic E-state index is 12.5. The van der Waals surface area contributed by atoms with Crippen LogP contribution in [0.25, 0.3) is 0 Å². The molecule has 1 N–H and O–H groups in total. The van der Waals surface area contributed by atoms with Crippen molar-refractivity contribution in [2.75, 3.05) is 14.2 Å². The third kappa shape index (κ3) is 6.36. The largest absolute Gasteiger partial charge is 0.493 e. The van der Waals surface area contributed by atoms with Crippen molar-refractivity contribution in [3.8, 4) is 11.5 Å². The van der Waals surface area contributed by atoms with Gasteiger partial charge in [0, 0.05) is 11.6 Å². The minimum absolute atomic E-state index is 0.216. The second-order valence-electron chi connectivity index (χ2n) is 7.45. The van der Waals surface area contributed by atoms with Gasteiger partial charge in [0.25, 0.3) is 15.7 Å². The molecular formula is C24H23N3O8S. The van der Waals surface area contributed by atoms with Gasteiger partial charge in [0.1, 0.15) is 6.61 Å². The molecule has 0 aliphatic heterocycles. The highest BCUT2D eigenvalue weighted by Crippen LogP contribution is 2.28. The molecule has 36 heavy (non-hydrogen) atoms. The van der Waals surface area contributed by atoms with Crippen molar-refractivity contribution >= 4 is 27.9 Å². The minimum Gasteiger partial charge on any atom is -0.493 e. The topological polar surface area (TPSA) is 146 Å². The van der Waals surface area contributed by atoms with Crippen molar-refractivity contribution in [3.05, 3.63) is 93.0 Å².